The Labute approximate surface area is 181 Å². The molecule has 2 heterocycles. The first kappa shape index (κ1) is 20.8. The van der Waals surface area contributed by atoms with E-state index in [9.17, 15) is 9.59 Å². The largest absolute Gasteiger partial charge is 0.493 e. The third kappa shape index (κ3) is 4.35. The van der Waals surface area contributed by atoms with Gasteiger partial charge in [0.15, 0.2) is 11.5 Å². The number of benzene rings is 2. The summed E-state index contributed by atoms with van der Waals surface area (Å²) in [6.45, 7) is 2.78. The van der Waals surface area contributed by atoms with Crippen molar-refractivity contribution in [2.24, 2.45) is 0 Å². The van der Waals surface area contributed by atoms with Crippen LogP contribution in [0.5, 0.6) is 11.5 Å². The summed E-state index contributed by atoms with van der Waals surface area (Å²) in [5, 5.41) is 1.18. The minimum absolute atomic E-state index is 0.0631. The van der Waals surface area contributed by atoms with Gasteiger partial charge in [-0.2, -0.15) is 0 Å². The first-order valence-electron chi connectivity index (χ1n) is 10.4. The van der Waals surface area contributed by atoms with Gasteiger partial charge in [0, 0.05) is 56.4 Å². The van der Waals surface area contributed by atoms with Crippen LogP contribution in [0, 0.1) is 0 Å². The number of ether oxygens (including phenoxy) is 2. The van der Waals surface area contributed by atoms with Crippen LogP contribution in [0.1, 0.15) is 16.8 Å². The van der Waals surface area contributed by atoms with Crippen LogP contribution < -0.4 is 9.47 Å². The maximum absolute atomic E-state index is 12.9. The molecule has 1 fully saturated rings. The summed E-state index contributed by atoms with van der Waals surface area (Å²) in [6.07, 6.45) is 2.47. The molecule has 0 spiro atoms. The fourth-order valence-corrected chi connectivity index (χ4v) is 4.02. The molecule has 1 saturated heterocycles. The molecule has 162 valence electrons. The highest BCUT2D eigenvalue weighted by Gasteiger charge is 2.25. The highest BCUT2D eigenvalue weighted by Crippen LogP contribution is 2.28. The second-order valence-electron chi connectivity index (χ2n) is 7.56. The number of methoxy groups -OCH3 is 2. The van der Waals surface area contributed by atoms with E-state index in [4.69, 9.17) is 9.47 Å². The molecule has 3 aromatic rings. The predicted octanol–water partition coefficient (Wildman–Crippen LogP) is 3.03. The van der Waals surface area contributed by atoms with Crippen LogP contribution in [0.15, 0.2) is 54.7 Å². The number of carbonyl (C=O) groups is 2. The second-order valence-corrected chi connectivity index (χ2v) is 7.56. The quantitative estimate of drug-likeness (QED) is 0.614. The molecule has 1 aliphatic heterocycles. The molecule has 31 heavy (non-hydrogen) atoms. The number of para-hydroxylation sites is 1. The second kappa shape index (κ2) is 9.12. The third-order valence-electron chi connectivity index (χ3n) is 5.80. The molecular weight excluding hydrogens is 394 g/mol. The summed E-state index contributed by atoms with van der Waals surface area (Å²) in [4.78, 5) is 29.2. The molecule has 7 heteroatoms. The maximum Gasteiger partial charge on any atom is 0.254 e. The van der Waals surface area contributed by atoms with Gasteiger partial charge >= 0.3 is 0 Å². The van der Waals surface area contributed by atoms with E-state index in [-0.39, 0.29) is 11.8 Å². The molecule has 1 aromatic heterocycles. The van der Waals surface area contributed by atoms with Crippen LogP contribution in [0.3, 0.4) is 0 Å². The molecule has 0 radical (unpaired) electrons. The summed E-state index contributed by atoms with van der Waals surface area (Å²) in [6, 6.07) is 15.4. The molecule has 0 unspecified atom stereocenters. The van der Waals surface area contributed by atoms with Gasteiger partial charge in [-0.1, -0.05) is 18.2 Å². The number of fused-ring (bicyclic) bond motifs is 1. The highest BCUT2D eigenvalue weighted by atomic mass is 16.5. The zero-order chi connectivity index (χ0) is 21.8. The van der Waals surface area contributed by atoms with Crippen molar-refractivity contribution < 1.29 is 19.1 Å². The minimum Gasteiger partial charge on any atom is -0.493 e. The summed E-state index contributed by atoms with van der Waals surface area (Å²) >= 11 is 0. The van der Waals surface area contributed by atoms with E-state index in [0.717, 1.165) is 5.52 Å². The maximum atomic E-state index is 12.9. The lowest BCUT2D eigenvalue weighted by molar-refractivity contribution is -0.132. The van der Waals surface area contributed by atoms with Crippen LogP contribution in [0.2, 0.25) is 0 Å². The topological polar surface area (TPSA) is 64.0 Å². The zero-order valence-corrected chi connectivity index (χ0v) is 17.9. The van der Waals surface area contributed by atoms with Gasteiger partial charge in [0.05, 0.1) is 14.2 Å². The van der Waals surface area contributed by atoms with Gasteiger partial charge in [0.1, 0.15) is 0 Å². The minimum atomic E-state index is -0.0631. The molecule has 0 bridgehead atoms. The van der Waals surface area contributed by atoms with Crippen molar-refractivity contribution >= 4 is 22.7 Å². The third-order valence-corrected chi connectivity index (χ3v) is 5.80. The Morgan fingerprint density at radius 2 is 1.58 bits per heavy atom. The van der Waals surface area contributed by atoms with E-state index in [1.54, 1.807) is 37.3 Å². The van der Waals surface area contributed by atoms with Crippen LogP contribution in [-0.4, -0.2) is 66.6 Å². The molecule has 0 aliphatic carbocycles. The molecule has 0 saturated carbocycles. The van der Waals surface area contributed by atoms with Gasteiger partial charge in [-0.3, -0.25) is 9.59 Å². The summed E-state index contributed by atoms with van der Waals surface area (Å²) in [5.41, 5.74) is 1.69. The lowest BCUT2D eigenvalue weighted by Gasteiger charge is -2.35. The predicted molar refractivity (Wildman–Crippen MR) is 119 cm³/mol. The number of aryl methyl sites for hydroxylation is 1. The Kier molecular flexibility index (Phi) is 6.11. The van der Waals surface area contributed by atoms with Gasteiger partial charge in [-0.15, -0.1) is 0 Å². The van der Waals surface area contributed by atoms with E-state index >= 15 is 0 Å². The normalized spacial score (nSPS) is 14.0. The summed E-state index contributed by atoms with van der Waals surface area (Å²) in [5.74, 6) is 1.17. The first-order chi connectivity index (χ1) is 15.1. The molecule has 7 nitrogen and oxygen atoms in total. The van der Waals surface area contributed by atoms with Crippen molar-refractivity contribution in [2.75, 3.05) is 40.4 Å². The summed E-state index contributed by atoms with van der Waals surface area (Å²) in [7, 11) is 3.11. The Morgan fingerprint density at radius 3 is 2.32 bits per heavy atom. The zero-order valence-electron chi connectivity index (χ0n) is 17.9. The lowest BCUT2D eigenvalue weighted by Crippen LogP contribution is -2.50. The molecule has 1 aliphatic rings. The van der Waals surface area contributed by atoms with Crippen molar-refractivity contribution in [1.29, 1.82) is 0 Å². The molecule has 4 rings (SSSR count). The molecule has 2 aromatic carbocycles. The Bertz CT molecular complexity index is 1080. The van der Waals surface area contributed by atoms with Crippen molar-refractivity contribution in [3.63, 3.8) is 0 Å². The van der Waals surface area contributed by atoms with Crippen LogP contribution in [-0.2, 0) is 11.3 Å². The van der Waals surface area contributed by atoms with E-state index in [2.05, 4.69) is 22.8 Å². The van der Waals surface area contributed by atoms with Crippen LogP contribution in [0.25, 0.3) is 10.9 Å². The van der Waals surface area contributed by atoms with Crippen molar-refractivity contribution in [1.82, 2.24) is 14.4 Å². The van der Waals surface area contributed by atoms with E-state index in [1.807, 2.05) is 23.2 Å². The van der Waals surface area contributed by atoms with Gasteiger partial charge < -0.3 is 23.8 Å². The van der Waals surface area contributed by atoms with E-state index in [1.165, 1.54) is 5.39 Å². The van der Waals surface area contributed by atoms with E-state index in [0.29, 0.717) is 56.2 Å². The van der Waals surface area contributed by atoms with Crippen molar-refractivity contribution in [3.8, 4) is 11.5 Å². The molecule has 0 atom stereocenters. The van der Waals surface area contributed by atoms with Crippen molar-refractivity contribution in [3.05, 3.63) is 60.3 Å². The number of piperazine rings is 1. The van der Waals surface area contributed by atoms with Crippen LogP contribution in [0.4, 0.5) is 0 Å². The first-order valence-corrected chi connectivity index (χ1v) is 10.4. The number of nitrogens with zero attached hydrogens (tertiary/aromatic N) is 3. The fraction of sp³-hybridized carbons (Fsp3) is 0.333. The van der Waals surface area contributed by atoms with Gasteiger partial charge in [-0.05, 0) is 35.7 Å². The number of hydrogen-bond acceptors (Lipinski definition) is 4. The van der Waals surface area contributed by atoms with Crippen molar-refractivity contribution in [2.45, 2.75) is 13.0 Å². The Morgan fingerprint density at radius 1 is 0.871 bits per heavy atom. The van der Waals surface area contributed by atoms with E-state index < -0.39 is 0 Å². The average Bonchev–Trinajstić information content (AvgIpc) is 3.24. The monoisotopic (exact) mass is 421 g/mol. The van der Waals surface area contributed by atoms with Gasteiger partial charge in [0.25, 0.3) is 5.91 Å². The fourth-order valence-electron chi connectivity index (χ4n) is 4.02. The van der Waals surface area contributed by atoms with Gasteiger partial charge in [0.2, 0.25) is 5.91 Å². The number of hydrogen-bond donors (Lipinski definition) is 0. The number of carbonyl (C=O) groups excluding carboxylic acids is 2. The summed E-state index contributed by atoms with van der Waals surface area (Å²) < 4.78 is 12.6. The highest BCUT2D eigenvalue weighted by molar-refractivity contribution is 5.95. The average molecular weight is 421 g/mol. The Balaban J connectivity index is 1.32. The SMILES string of the molecule is COc1ccc(C(=O)N2CCN(C(=O)CCn3ccc4ccccc43)CC2)cc1OC. The number of rotatable bonds is 6. The molecular formula is C24H27N3O4. The molecule has 0 N–H and O–H groups in total. The molecule has 2 amide bonds. The number of aromatic nitrogens is 1. The van der Waals surface area contributed by atoms with Crippen LogP contribution >= 0.6 is 0 Å². The standard InChI is InChI=1S/C24H27N3O4/c1-30-21-8-7-19(17-22(21)31-2)24(29)27-15-13-26(14-16-27)23(28)10-12-25-11-9-18-5-3-4-6-20(18)25/h3-9,11,17H,10,12-16H2,1-2H3. The Hall–Kier alpha value is -3.48. The number of amides is 2. The van der Waals surface area contributed by atoms with Gasteiger partial charge in [-0.25, -0.2) is 0 Å². The smallest absolute Gasteiger partial charge is 0.254 e. The lowest BCUT2D eigenvalue weighted by atomic mass is 10.1.